The molecular formula is C22H26N2O2. The zero-order chi connectivity index (χ0) is 18.2. The molecule has 1 aliphatic carbocycles. The van der Waals surface area contributed by atoms with Gasteiger partial charge in [-0.15, -0.1) is 0 Å². The normalized spacial score (nSPS) is 32.8. The first-order valence-corrected chi connectivity index (χ1v) is 9.73. The predicted octanol–water partition coefficient (Wildman–Crippen LogP) is 3.50. The Morgan fingerprint density at radius 1 is 1.35 bits per heavy atom. The number of nitrogens with zero attached hydrogens (tertiary/aromatic N) is 1. The standard InChI is InChI=1S/C22H26N2O2/c1-11-4-5-14-15-6-7-24-10-17(13(3)25)16-9-19(26)12(2)20(16)22(24)21(15)23-18(14)8-11/h4-5,8,10,12,16,19-20,22-23,26H,6-7,9H2,1-3H3/t12-,16+,19-,20+,22-/m0/s1. The second kappa shape index (κ2) is 5.46. The minimum absolute atomic E-state index is 0.151. The lowest BCUT2D eigenvalue weighted by molar-refractivity contribution is -0.114. The van der Waals surface area contributed by atoms with Gasteiger partial charge < -0.3 is 15.0 Å². The number of Topliss-reactive ketones (excluding diaryl/α,β-unsaturated/α-hetero) is 1. The Hall–Kier alpha value is -2.07. The van der Waals surface area contributed by atoms with Crippen molar-refractivity contribution in [3.63, 3.8) is 0 Å². The molecule has 2 N–H and O–H groups in total. The van der Waals surface area contributed by atoms with E-state index in [2.05, 4.69) is 48.1 Å². The molecule has 0 amide bonds. The van der Waals surface area contributed by atoms with E-state index in [1.54, 1.807) is 6.92 Å². The number of aliphatic hydroxyl groups excluding tert-OH is 1. The summed E-state index contributed by atoms with van der Waals surface area (Å²) in [6, 6.07) is 6.87. The molecule has 1 aromatic heterocycles. The highest BCUT2D eigenvalue weighted by Crippen LogP contribution is 2.54. The number of aromatic amines is 1. The molecule has 4 nitrogen and oxygen atoms in total. The number of aliphatic hydroxyl groups is 1. The summed E-state index contributed by atoms with van der Waals surface area (Å²) in [5, 5.41) is 11.9. The fourth-order valence-corrected chi connectivity index (χ4v) is 5.74. The number of hydrogen-bond donors (Lipinski definition) is 2. The Kier molecular flexibility index (Phi) is 3.39. The topological polar surface area (TPSA) is 56.3 Å². The van der Waals surface area contributed by atoms with Gasteiger partial charge in [-0.3, -0.25) is 4.79 Å². The minimum atomic E-state index is -0.329. The summed E-state index contributed by atoms with van der Waals surface area (Å²) in [5.74, 6) is 0.785. The van der Waals surface area contributed by atoms with Gasteiger partial charge >= 0.3 is 0 Å². The Morgan fingerprint density at radius 2 is 2.15 bits per heavy atom. The minimum Gasteiger partial charge on any atom is -0.393 e. The fourth-order valence-electron chi connectivity index (χ4n) is 5.74. The molecule has 5 rings (SSSR count). The third-order valence-corrected chi connectivity index (χ3v) is 7.02. The second-order valence-corrected chi connectivity index (χ2v) is 8.49. The molecule has 3 heterocycles. The first kappa shape index (κ1) is 16.1. The molecule has 0 unspecified atom stereocenters. The third-order valence-electron chi connectivity index (χ3n) is 7.02. The van der Waals surface area contributed by atoms with Crippen LogP contribution in [0.4, 0.5) is 0 Å². The summed E-state index contributed by atoms with van der Waals surface area (Å²) in [6.07, 6.45) is 3.46. The molecule has 0 bridgehead atoms. The van der Waals surface area contributed by atoms with Gasteiger partial charge in [0, 0.05) is 34.9 Å². The molecule has 3 aliphatic rings. The number of aromatic nitrogens is 1. The lowest BCUT2D eigenvalue weighted by Crippen LogP contribution is -2.44. The van der Waals surface area contributed by atoms with Gasteiger partial charge in [-0.2, -0.15) is 0 Å². The Balaban J connectivity index is 1.70. The zero-order valence-corrected chi connectivity index (χ0v) is 15.6. The van der Waals surface area contributed by atoms with Crippen molar-refractivity contribution in [2.75, 3.05) is 6.54 Å². The van der Waals surface area contributed by atoms with Crippen LogP contribution in [-0.2, 0) is 11.2 Å². The van der Waals surface area contributed by atoms with Gasteiger partial charge in [0.05, 0.1) is 12.1 Å². The van der Waals surface area contributed by atoms with Gasteiger partial charge in [-0.25, -0.2) is 0 Å². The molecule has 4 heteroatoms. The van der Waals surface area contributed by atoms with Gasteiger partial charge in [0.25, 0.3) is 0 Å². The van der Waals surface area contributed by atoms with Crippen LogP contribution in [0.5, 0.6) is 0 Å². The number of hydrogen-bond acceptors (Lipinski definition) is 3. The average molecular weight is 350 g/mol. The summed E-state index contributed by atoms with van der Waals surface area (Å²) in [5.41, 5.74) is 6.10. The molecule has 1 aromatic carbocycles. The maximum atomic E-state index is 12.3. The molecule has 0 radical (unpaired) electrons. The highest BCUT2D eigenvalue weighted by Gasteiger charge is 2.52. The maximum absolute atomic E-state index is 12.3. The molecule has 2 aliphatic heterocycles. The third kappa shape index (κ3) is 2.08. The Labute approximate surface area is 153 Å². The number of H-pyrrole nitrogens is 1. The number of nitrogens with one attached hydrogen (secondary N) is 1. The van der Waals surface area contributed by atoms with Crippen molar-refractivity contribution in [3.8, 4) is 0 Å². The van der Waals surface area contributed by atoms with Crippen LogP contribution < -0.4 is 0 Å². The van der Waals surface area contributed by atoms with Crippen LogP contribution in [0.3, 0.4) is 0 Å². The van der Waals surface area contributed by atoms with E-state index < -0.39 is 0 Å². The number of carbonyl (C=O) groups excluding carboxylic acids is 1. The molecular weight excluding hydrogens is 324 g/mol. The van der Waals surface area contributed by atoms with Gasteiger partial charge in [0.15, 0.2) is 5.78 Å². The van der Waals surface area contributed by atoms with Gasteiger partial charge in [0.1, 0.15) is 0 Å². The second-order valence-electron chi connectivity index (χ2n) is 8.49. The molecule has 1 saturated carbocycles. The van der Waals surface area contributed by atoms with Gasteiger partial charge in [-0.1, -0.05) is 19.1 Å². The largest absolute Gasteiger partial charge is 0.393 e. The van der Waals surface area contributed by atoms with Crippen molar-refractivity contribution in [2.24, 2.45) is 17.8 Å². The SMILES string of the molecule is CC(=O)C1=CN2CCc3c([nH]c4cc(C)ccc34)[C@@H]2[C@@H]2[C@@H](C)[C@@H](O)C[C@H]12. The number of ketones is 1. The maximum Gasteiger partial charge on any atom is 0.157 e. The van der Waals surface area contributed by atoms with Crippen LogP contribution in [-0.4, -0.2) is 33.4 Å². The van der Waals surface area contributed by atoms with Crippen molar-refractivity contribution < 1.29 is 9.90 Å². The summed E-state index contributed by atoms with van der Waals surface area (Å²) in [6.45, 7) is 6.87. The van der Waals surface area contributed by atoms with Crippen molar-refractivity contribution in [1.82, 2.24) is 9.88 Å². The van der Waals surface area contributed by atoms with Gasteiger partial charge in [-0.05, 0) is 61.6 Å². The number of carbonyl (C=O) groups is 1. The van der Waals surface area contributed by atoms with Crippen LogP contribution in [0.1, 0.15) is 43.1 Å². The molecule has 136 valence electrons. The van der Waals surface area contributed by atoms with Crippen LogP contribution >= 0.6 is 0 Å². The smallest absolute Gasteiger partial charge is 0.157 e. The van der Waals surface area contributed by atoms with E-state index in [1.807, 2.05) is 0 Å². The number of fused-ring (bicyclic) bond motifs is 7. The zero-order valence-electron chi connectivity index (χ0n) is 15.6. The van der Waals surface area contributed by atoms with Crippen molar-refractivity contribution in [1.29, 1.82) is 0 Å². The first-order chi connectivity index (χ1) is 12.5. The Bertz CT molecular complexity index is 941. The summed E-state index contributed by atoms with van der Waals surface area (Å²) in [7, 11) is 0. The molecule has 0 saturated heterocycles. The van der Waals surface area contributed by atoms with E-state index in [9.17, 15) is 9.90 Å². The van der Waals surface area contributed by atoms with Gasteiger partial charge in [0.2, 0.25) is 0 Å². The summed E-state index contributed by atoms with van der Waals surface area (Å²) in [4.78, 5) is 18.3. The molecule has 5 atom stereocenters. The quantitative estimate of drug-likeness (QED) is 0.828. The molecule has 1 fully saturated rings. The first-order valence-electron chi connectivity index (χ1n) is 9.73. The van der Waals surface area contributed by atoms with E-state index in [0.29, 0.717) is 6.42 Å². The van der Waals surface area contributed by atoms with Crippen molar-refractivity contribution in [2.45, 2.75) is 45.8 Å². The fraction of sp³-hybridized carbons (Fsp3) is 0.500. The highest BCUT2D eigenvalue weighted by molar-refractivity contribution is 5.94. The molecule has 26 heavy (non-hydrogen) atoms. The summed E-state index contributed by atoms with van der Waals surface area (Å²) >= 11 is 0. The predicted molar refractivity (Wildman–Crippen MR) is 102 cm³/mol. The van der Waals surface area contributed by atoms with Crippen LogP contribution in [0.25, 0.3) is 10.9 Å². The van der Waals surface area contributed by atoms with Crippen LogP contribution in [0, 0.1) is 24.7 Å². The molecule has 0 spiro atoms. The molecule has 2 aromatic rings. The van der Waals surface area contributed by atoms with E-state index in [0.717, 1.165) is 18.5 Å². The van der Waals surface area contributed by atoms with E-state index in [1.165, 1.54) is 27.7 Å². The lowest BCUT2D eigenvalue weighted by Gasteiger charge is -2.46. The van der Waals surface area contributed by atoms with Crippen LogP contribution in [0.2, 0.25) is 0 Å². The number of allylic oxidation sites excluding steroid dienone is 1. The monoisotopic (exact) mass is 350 g/mol. The van der Waals surface area contributed by atoms with Crippen molar-refractivity contribution >= 4 is 16.7 Å². The van der Waals surface area contributed by atoms with Crippen molar-refractivity contribution in [3.05, 3.63) is 46.8 Å². The van der Waals surface area contributed by atoms with E-state index in [4.69, 9.17) is 0 Å². The van der Waals surface area contributed by atoms with Crippen LogP contribution in [0.15, 0.2) is 30.0 Å². The number of benzene rings is 1. The Morgan fingerprint density at radius 3 is 2.92 bits per heavy atom. The van der Waals surface area contributed by atoms with E-state index in [-0.39, 0.29) is 35.7 Å². The summed E-state index contributed by atoms with van der Waals surface area (Å²) < 4.78 is 0. The number of rotatable bonds is 1. The number of aryl methyl sites for hydroxylation is 1. The highest BCUT2D eigenvalue weighted by atomic mass is 16.3. The lowest BCUT2D eigenvalue weighted by atomic mass is 9.73. The average Bonchev–Trinajstić information content (AvgIpc) is 3.11. The van der Waals surface area contributed by atoms with E-state index >= 15 is 0 Å².